The zero-order chi connectivity index (χ0) is 21.6. The molecule has 0 heterocycles. The molecule has 0 aliphatic heterocycles. The third-order valence-electron chi connectivity index (χ3n) is 4.69. The van der Waals surface area contributed by atoms with Crippen molar-refractivity contribution in [2.75, 3.05) is 13.7 Å². The first-order valence-corrected chi connectivity index (χ1v) is 10.2. The van der Waals surface area contributed by atoms with Crippen molar-refractivity contribution < 1.29 is 18.7 Å². The molecule has 2 aromatic rings. The van der Waals surface area contributed by atoms with Crippen molar-refractivity contribution in [3.05, 3.63) is 63.9 Å². The van der Waals surface area contributed by atoms with Gasteiger partial charge in [-0.15, -0.1) is 0 Å². The molecule has 0 bridgehead atoms. The maximum atomic E-state index is 14.1. The van der Waals surface area contributed by atoms with Crippen LogP contribution in [0, 0.1) is 5.82 Å². The second-order valence-corrected chi connectivity index (χ2v) is 7.89. The number of halogens is 2. The maximum Gasteiger partial charge on any atom is 0.261 e. The summed E-state index contributed by atoms with van der Waals surface area (Å²) in [7, 11) is 1.49. The molecule has 156 valence electrons. The second kappa shape index (κ2) is 10.4. The Bertz CT molecular complexity index is 873. The van der Waals surface area contributed by atoms with Crippen LogP contribution < -0.4 is 10.1 Å². The van der Waals surface area contributed by atoms with Gasteiger partial charge in [0.25, 0.3) is 5.91 Å². The molecule has 0 aliphatic rings. The highest BCUT2D eigenvalue weighted by Gasteiger charge is 2.26. The Kier molecular flexibility index (Phi) is 8.20. The van der Waals surface area contributed by atoms with E-state index >= 15 is 0 Å². The lowest BCUT2D eigenvalue weighted by atomic mass is 10.0. The molecule has 0 aliphatic carbocycles. The summed E-state index contributed by atoms with van der Waals surface area (Å²) in [6.45, 7) is 5.48. The molecule has 2 aromatic carbocycles. The molecule has 0 unspecified atom stereocenters. The number of hydrogen-bond acceptors (Lipinski definition) is 3. The van der Waals surface area contributed by atoms with Crippen LogP contribution in [0.25, 0.3) is 0 Å². The van der Waals surface area contributed by atoms with Crippen molar-refractivity contribution in [2.24, 2.45) is 0 Å². The fourth-order valence-electron chi connectivity index (χ4n) is 2.82. The van der Waals surface area contributed by atoms with Gasteiger partial charge in [0, 0.05) is 19.2 Å². The van der Waals surface area contributed by atoms with Crippen LogP contribution in [0.1, 0.15) is 37.8 Å². The predicted molar refractivity (Wildman–Crippen MR) is 114 cm³/mol. The Hall–Kier alpha value is -2.41. The van der Waals surface area contributed by atoms with Gasteiger partial charge >= 0.3 is 0 Å². The standard InChI is InChI=1S/C22H26BrFN2O3/c1-14(2)16-9-10-20(18(23)11-16)29-13-21(27)26(15(3)22(28)25-4)12-17-7-5-6-8-19(17)24/h5-11,14-15H,12-13H2,1-4H3,(H,25,28)/t15-/m0/s1. The highest BCUT2D eigenvalue weighted by molar-refractivity contribution is 9.10. The lowest BCUT2D eigenvalue weighted by molar-refractivity contribution is -0.142. The van der Waals surface area contributed by atoms with Crippen LogP contribution in [0.3, 0.4) is 0 Å². The minimum atomic E-state index is -0.775. The lowest BCUT2D eigenvalue weighted by Gasteiger charge is -2.28. The molecule has 2 rings (SSSR count). The number of ether oxygens (including phenoxy) is 1. The highest BCUT2D eigenvalue weighted by Crippen LogP contribution is 2.29. The first kappa shape index (κ1) is 22.9. The summed E-state index contributed by atoms with van der Waals surface area (Å²) in [4.78, 5) is 26.3. The van der Waals surface area contributed by atoms with Gasteiger partial charge in [0.05, 0.1) is 4.47 Å². The van der Waals surface area contributed by atoms with E-state index in [2.05, 4.69) is 35.1 Å². The number of benzene rings is 2. The van der Waals surface area contributed by atoms with Crippen LogP contribution in [0.15, 0.2) is 46.9 Å². The van der Waals surface area contributed by atoms with Gasteiger partial charge in [-0.25, -0.2) is 4.39 Å². The third kappa shape index (κ3) is 6.03. The summed E-state index contributed by atoms with van der Waals surface area (Å²) in [5.74, 6) is -0.281. The van der Waals surface area contributed by atoms with Gasteiger partial charge in [0.2, 0.25) is 5.91 Å². The molecule has 0 fully saturated rings. The average molecular weight is 465 g/mol. The zero-order valence-corrected chi connectivity index (χ0v) is 18.6. The van der Waals surface area contributed by atoms with E-state index in [1.807, 2.05) is 12.1 Å². The molecule has 2 amide bonds. The summed E-state index contributed by atoms with van der Waals surface area (Å²) < 4.78 is 20.5. The predicted octanol–water partition coefficient (Wildman–Crippen LogP) is 4.25. The Morgan fingerprint density at radius 3 is 2.45 bits per heavy atom. The van der Waals surface area contributed by atoms with E-state index in [0.29, 0.717) is 17.2 Å². The number of nitrogens with one attached hydrogen (secondary N) is 1. The van der Waals surface area contributed by atoms with Gasteiger partial charge in [0.15, 0.2) is 6.61 Å². The van der Waals surface area contributed by atoms with Gasteiger partial charge in [-0.1, -0.05) is 38.1 Å². The molecule has 29 heavy (non-hydrogen) atoms. The first-order chi connectivity index (χ1) is 13.7. The smallest absolute Gasteiger partial charge is 0.261 e. The fourth-order valence-corrected chi connectivity index (χ4v) is 3.33. The van der Waals surface area contributed by atoms with Gasteiger partial charge in [-0.3, -0.25) is 9.59 Å². The van der Waals surface area contributed by atoms with Crippen molar-refractivity contribution in [1.82, 2.24) is 10.2 Å². The number of hydrogen-bond donors (Lipinski definition) is 1. The maximum absolute atomic E-state index is 14.1. The number of nitrogens with zero attached hydrogens (tertiary/aromatic N) is 1. The average Bonchev–Trinajstić information content (AvgIpc) is 2.70. The van der Waals surface area contributed by atoms with Crippen molar-refractivity contribution in [3.63, 3.8) is 0 Å². The van der Waals surface area contributed by atoms with Crippen LogP contribution in [-0.2, 0) is 16.1 Å². The Morgan fingerprint density at radius 1 is 1.17 bits per heavy atom. The Balaban J connectivity index is 2.17. The van der Waals surface area contributed by atoms with Crippen LogP contribution in [-0.4, -0.2) is 36.4 Å². The summed E-state index contributed by atoms with van der Waals surface area (Å²) in [5, 5.41) is 2.53. The molecule has 0 radical (unpaired) electrons. The lowest BCUT2D eigenvalue weighted by Crippen LogP contribution is -2.48. The molecule has 0 saturated heterocycles. The van der Waals surface area contributed by atoms with Gasteiger partial charge < -0.3 is 15.0 Å². The van der Waals surface area contributed by atoms with E-state index in [1.165, 1.54) is 18.0 Å². The van der Waals surface area contributed by atoms with Crippen LogP contribution in [0.5, 0.6) is 5.75 Å². The van der Waals surface area contributed by atoms with Crippen LogP contribution in [0.2, 0.25) is 0 Å². The van der Waals surface area contributed by atoms with E-state index in [-0.39, 0.29) is 19.1 Å². The molecule has 1 N–H and O–H groups in total. The van der Waals surface area contributed by atoms with Crippen molar-refractivity contribution in [2.45, 2.75) is 39.3 Å². The summed E-state index contributed by atoms with van der Waals surface area (Å²) >= 11 is 3.47. The van der Waals surface area contributed by atoms with Gasteiger partial charge in [0.1, 0.15) is 17.6 Å². The van der Waals surface area contributed by atoms with E-state index in [0.717, 1.165) is 10.0 Å². The second-order valence-electron chi connectivity index (χ2n) is 7.04. The van der Waals surface area contributed by atoms with Gasteiger partial charge in [-0.2, -0.15) is 0 Å². The Labute approximate surface area is 179 Å². The highest BCUT2D eigenvalue weighted by atomic mass is 79.9. The fraction of sp³-hybridized carbons (Fsp3) is 0.364. The largest absolute Gasteiger partial charge is 0.483 e. The molecule has 5 nitrogen and oxygen atoms in total. The molecule has 0 saturated carbocycles. The van der Waals surface area contributed by atoms with E-state index in [9.17, 15) is 14.0 Å². The van der Waals surface area contributed by atoms with Crippen molar-refractivity contribution in [1.29, 1.82) is 0 Å². The topological polar surface area (TPSA) is 58.6 Å². The van der Waals surface area contributed by atoms with Crippen LogP contribution >= 0.6 is 15.9 Å². The number of amides is 2. The van der Waals surface area contributed by atoms with E-state index in [1.54, 1.807) is 31.2 Å². The van der Waals surface area contributed by atoms with Crippen molar-refractivity contribution >= 4 is 27.7 Å². The number of likely N-dealkylation sites (N-methyl/N-ethyl adjacent to an activating group) is 1. The number of carbonyl (C=O) groups excluding carboxylic acids is 2. The molecular formula is C22H26BrFN2O3. The minimum Gasteiger partial charge on any atom is -0.483 e. The summed E-state index contributed by atoms with van der Waals surface area (Å²) in [5.41, 5.74) is 1.48. The van der Waals surface area contributed by atoms with Crippen molar-refractivity contribution in [3.8, 4) is 5.75 Å². The Morgan fingerprint density at radius 2 is 1.86 bits per heavy atom. The zero-order valence-electron chi connectivity index (χ0n) is 17.0. The molecule has 7 heteroatoms. The van der Waals surface area contributed by atoms with E-state index in [4.69, 9.17) is 4.74 Å². The quantitative estimate of drug-likeness (QED) is 0.634. The molecule has 0 aromatic heterocycles. The molecule has 0 spiro atoms. The normalized spacial score (nSPS) is 11.8. The summed E-state index contributed by atoms with van der Waals surface area (Å²) in [6.07, 6.45) is 0. The third-order valence-corrected chi connectivity index (χ3v) is 5.31. The monoisotopic (exact) mass is 464 g/mol. The molecular weight excluding hydrogens is 439 g/mol. The minimum absolute atomic E-state index is 0.0308. The molecule has 1 atom stereocenters. The summed E-state index contributed by atoms with van der Waals surface area (Å²) in [6, 6.07) is 11.1. The number of rotatable bonds is 8. The SMILES string of the molecule is CNC(=O)[C@H](C)N(Cc1ccccc1F)C(=O)COc1ccc(C(C)C)cc1Br. The van der Waals surface area contributed by atoms with E-state index < -0.39 is 17.8 Å². The number of carbonyl (C=O) groups is 2. The van der Waals surface area contributed by atoms with Crippen LogP contribution in [0.4, 0.5) is 4.39 Å². The van der Waals surface area contributed by atoms with Gasteiger partial charge in [-0.05, 0) is 52.5 Å². The first-order valence-electron chi connectivity index (χ1n) is 9.41.